The van der Waals surface area contributed by atoms with E-state index in [-0.39, 0.29) is 35.0 Å². The summed E-state index contributed by atoms with van der Waals surface area (Å²) in [5.74, 6) is 2.77. The molecule has 0 rings (SSSR count). The third kappa shape index (κ3) is 8.68. The van der Waals surface area contributed by atoms with Crippen LogP contribution in [0.4, 0.5) is 0 Å². The van der Waals surface area contributed by atoms with Crippen LogP contribution in [0.25, 0.3) is 0 Å². The van der Waals surface area contributed by atoms with Crippen molar-refractivity contribution in [3.8, 4) is 12.3 Å². The van der Waals surface area contributed by atoms with Gasteiger partial charge in [-0.3, -0.25) is 0 Å². The van der Waals surface area contributed by atoms with Gasteiger partial charge in [-0.2, -0.15) is 0 Å². The first kappa shape index (κ1) is 28.6. The van der Waals surface area contributed by atoms with Gasteiger partial charge in [0.05, 0.1) is 12.2 Å². The van der Waals surface area contributed by atoms with E-state index < -0.39 is 16.6 Å². The third-order valence-corrected chi connectivity index (χ3v) is 15.3. The lowest BCUT2D eigenvalue weighted by molar-refractivity contribution is -0.0771. The first-order valence-corrected chi connectivity index (χ1v) is 16.5. The molecule has 0 aromatic rings. The topological polar surface area (TPSA) is 47.9 Å². The lowest BCUT2D eigenvalue weighted by atomic mass is 10.1. The van der Waals surface area contributed by atoms with Crippen molar-refractivity contribution >= 4 is 16.6 Å². The molecule has 0 aliphatic rings. The zero-order valence-corrected chi connectivity index (χ0v) is 22.6. The fourth-order valence-corrected chi connectivity index (χ4v) is 4.95. The van der Waals surface area contributed by atoms with Gasteiger partial charge in [0.15, 0.2) is 16.6 Å². The summed E-state index contributed by atoms with van der Waals surface area (Å²) in [7, 11) is -4.13. The van der Waals surface area contributed by atoms with E-state index in [0.29, 0.717) is 19.4 Å². The molecule has 0 saturated carbocycles. The molecule has 3 atom stereocenters. The Labute approximate surface area is 182 Å². The molecule has 0 aromatic carbocycles. The van der Waals surface area contributed by atoms with Gasteiger partial charge >= 0.3 is 0 Å². The highest BCUT2D eigenvalue weighted by molar-refractivity contribution is 6.74. The van der Waals surface area contributed by atoms with Crippen LogP contribution in [0.5, 0.6) is 0 Å². The molecule has 0 aromatic heterocycles. The van der Waals surface area contributed by atoms with Gasteiger partial charge in [0.25, 0.3) is 0 Å². The Hall–Kier alpha value is -0.426. The Morgan fingerprint density at radius 1 is 1.00 bits per heavy atom. The minimum atomic E-state index is -2.07. The highest BCUT2D eigenvalue weighted by atomic mass is 28.4. The normalized spacial score (nSPS) is 16.8. The molecule has 0 heterocycles. The Morgan fingerprint density at radius 2 is 1.48 bits per heavy atom. The van der Waals surface area contributed by atoms with Gasteiger partial charge in [0.2, 0.25) is 0 Å². The van der Waals surface area contributed by atoms with Gasteiger partial charge in [0.1, 0.15) is 6.10 Å². The van der Waals surface area contributed by atoms with E-state index in [0.717, 1.165) is 0 Å². The number of aliphatic hydroxyl groups excluding tert-OH is 1. The molecular weight excluding hydrogens is 396 g/mol. The van der Waals surface area contributed by atoms with Crippen LogP contribution in [0.2, 0.25) is 36.3 Å². The summed E-state index contributed by atoms with van der Waals surface area (Å²) < 4.78 is 19.6. The summed E-state index contributed by atoms with van der Waals surface area (Å²) in [4.78, 5) is 0. The van der Waals surface area contributed by atoms with Crippen molar-refractivity contribution in [1.82, 2.24) is 0 Å². The maximum absolute atomic E-state index is 9.22. The first-order chi connectivity index (χ1) is 13.0. The van der Waals surface area contributed by atoms with Crippen LogP contribution in [0.1, 0.15) is 54.4 Å². The maximum Gasteiger partial charge on any atom is 0.193 e. The van der Waals surface area contributed by atoms with Crippen LogP contribution in [0, 0.1) is 12.3 Å². The summed E-state index contributed by atoms with van der Waals surface area (Å²) in [6.45, 7) is 26.7. The predicted octanol–water partition coefficient (Wildman–Crippen LogP) is 5.74. The average Bonchev–Trinajstić information content (AvgIpc) is 2.54. The average molecular weight is 443 g/mol. The van der Waals surface area contributed by atoms with Gasteiger partial charge < -0.3 is 18.7 Å². The lowest BCUT2D eigenvalue weighted by Crippen LogP contribution is -2.53. The minimum absolute atomic E-state index is 0.0550. The highest BCUT2D eigenvalue weighted by Crippen LogP contribution is 2.40. The van der Waals surface area contributed by atoms with Gasteiger partial charge in [-0.15, -0.1) is 18.9 Å². The van der Waals surface area contributed by atoms with E-state index in [4.69, 9.17) is 20.0 Å². The molecule has 0 unspecified atom stereocenters. The second-order valence-corrected chi connectivity index (χ2v) is 20.3. The van der Waals surface area contributed by atoms with Crippen LogP contribution in [0.15, 0.2) is 12.7 Å². The zero-order valence-electron chi connectivity index (χ0n) is 20.6. The molecule has 0 spiro atoms. The standard InChI is InChI=1S/C23H46O4Si2/c1-13-16-20(27-29(11,12)23(6,7)8)21(25-18-15-17-24)19(14-2)26-28(9,10)22(3,4)5/h1,14,19-21,24H,2,15-18H2,3-12H3/t19-,20-,21-/m1/s1. The summed E-state index contributed by atoms with van der Waals surface area (Å²) >= 11 is 0. The van der Waals surface area contributed by atoms with Gasteiger partial charge in [-0.1, -0.05) is 47.6 Å². The smallest absolute Gasteiger partial charge is 0.193 e. The largest absolute Gasteiger partial charge is 0.410 e. The molecular formula is C23H46O4Si2. The quantitative estimate of drug-likeness (QED) is 0.181. The van der Waals surface area contributed by atoms with Crippen LogP contribution in [0.3, 0.4) is 0 Å². The molecule has 4 nitrogen and oxygen atoms in total. The fourth-order valence-electron chi connectivity index (χ4n) is 2.36. The molecule has 170 valence electrons. The van der Waals surface area contributed by atoms with E-state index >= 15 is 0 Å². The van der Waals surface area contributed by atoms with Gasteiger partial charge in [-0.05, 0) is 42.7 Å². The fraction of sp³-hybridized carbons (Fsp3) is 0.826. The number of rotatable bonds is 12. The van der Waals surface area contributed by atoms with E-state index in [1.54, 1.807) is 0 Å². The van der Waals surface area contributed by atoms with E-state index in [2.05, 4.69) is 80.2 Å². The Morgan fingerprint density at radius 3 is 1.86 bits per heavy atom. The summed E-state index contributed by atoms with van der Waals surface area (Å²) in [5, 5.41) is 9.34. The number of hydrogen-bond donors (Lipinski definition) is 1. The van der Waals surface area contributed by atoms with Gasteiger partial charge in [-0.25, -0.2) is 0 Å². The number of aliphatic hydroxyl groups is 1. The molecule has 1 N–H and O–H groups in total. The van der Waals surface area contributed by atoms with Crippen molar-refractivity contribution in [3.63, 3.8) is 0 Å². The summed E-state index contributed by atoms with van der Waals surface area (Å²) in [6, 6.07) is 0. The van der Waals surface area contributed by atoms with Crippen LogP contribution < -0.4 is 0 Å². The maximum atomic E-state index is 9.22. The van der Waals surface area contributed by atoms with Gasteiger partial charge in [0, 0.05) is 19.6 Å². The molecule has 6 heteroatoms. The van der Waals surface area contributed by atoms with Crippen molar-refractivity contribution in [2.24, 2.45) is 0 Å². The number of terminal acetylenes is 1. The second kappa shape index (κ2) is 11.3. The van der Waals surface area contributed by atoms with Crippen molar-refractivity contribution in [1.29, 1.82) is 0 Å². The molecule has 0 amide bonds. The molecule has 0 aliphatic carbocycles. The van der Waals surface area contributed by atoms with Crippen LogP contribution >= 0.6 is 0 Å². The molecule has 29 heavy (non-hydrogen) atoms. The summed E-state index contributed by atoms with van der Waals surface area (Å²) in [6.07, 6.45) is 7.58. The van der Waals surface area contributed by atoms with Crippen molar-refractivity contribution in [3.05, 3.63) is 12.7 Å². The van der Waals surface area contributed by atoms with Crippen molar-refractivity contribution < 1.29 is 18.7 Å². The second-order valence-electron chi connectivity index (χ2n) is 10.8. The third-order valence-electron chi connectivity index (χ3n) is 6.34. The molecule has 0 fully saturated rings. The minimum Gasteiger partial charge on any atom is -0.410 e. The first-order valence-electron chi connectivity index (χ1n) is 10.7. The van der Waals surface area contributed by atoms with Crippen molar-refractivity contribution in [2.45, 2.75) is 109 Å². The van der Waals surface area contributed by atoms with Crippen molar-refractivity contribution in [2.75, 3.05) is 13.2 Å². The Balaban J connectivity index is 5.93. The monoisotopic (exact) mass is 442 g/mol. The van der Waals surface area contributed by atoms with E-state index in [1.165, 1.54) is 0 Å². The molecule has 0 saturated heterocycles. The SMILES string of the molecule is C#CC[C@@H](O[Si](C)(C)C(C)(C)C)[C@H](OCCCO)[C@@H](C=C)O[Si](C)(C)C(C)(C)C. The zero-order chi connectivity index (χ0) is 23.1. The lowest BCUT2D eigenvalue weighted by Gasteiger charge is -2.44. The summed E-state index contributed by atoms with van der Waals surface area (Å²) in [5.41, 5.74) is 0. The highest BCUT2D eigenvalue weighted by Gasteiger charge is 2.45. The van der Waals surface area contributed by atoms with E-state index in [9.17, 15) is 5.11 Å². The molecule has 0 bridgehead atoms. The predicted molar refractivity (Wildman–Crippen MR) is 129 cm³/mol. The van der Waals surface area contributed by atoms with E-state index in [1.807, 2.05) is 6.08 Å². The number of ether oxygens (including phenoxy) is 1. The van der Waals surface area contributed by atoms with Crippen LogP contribution in [-0.2, 0) is 13.6 Å². The van der Waals surface area contributed by atoms with Crippen LogP contribution in [-0.4, -0.2) is 53.3 Å². The molecule has 0 radical (unpaired) electrons. The Kier molecular flexibility index (Phi) is 11.1. The Bertz CT molecular complexity index is 539. The molecule has 0 aliphatic heterocycles. The number of hydrogen-bond acceptors (Lipinski definition) is 4.